The molecule has 4 rings (SSSR count). The molecule has 2 aromatic rings. The van der Waals surface area contributed by atoms with Crippen LogP contribution in [0.2, 0.25) is 0 Å². The number of benzene rings is 2. The number of methoxy groups -OCH3 is 1. The van der Waals surface area contributed by atoms with Crippen molar-refractivity contribution in [2.24, 2.45) is 4.99 Å². The summed E-state index contributed by atoms with van der Waals surface area (Å²) in [5.41, 5.74) is 1.42. The van der Waals surface area contributed by atoms with Crippen molar-refractivity contribution in [3.8, 4) is 5.75 Å². The molecule has 2 amide bonds. The molecule has 7 heteroatoms. The number of carbonyl (C=O) groups excluding carboxylic acids is 2. The minimum absolute atomic E-state index is 0.0169. The highest BCUT2D eigenvalue weighted by molar-refractivity contribution is 8.15. The number of amides is 2. The molecule has 1 atom stereocenters. The number of rotatable bonds is 6. The summed E-state index contributed by atoms with van der Waals surface area (Å²) in [7, 11) is 1.56. The van der Waals surface area contributed by atoms with Crippen LogP contribution in [-0.4, -0.2) is 40.3 Å². The SMILES string of the molecule is COc1ccccc1NC(=O)CC1SC(=Nc2ccccc2)N(C2CCCC2)C1=O. The second-order valence-corrected chi connectivity index (χ2v) is 8.61. The Kier molecular flexibility index (Phi) is 6.38. The number of anilines is 1. The number of thioether (sulfide) groups is 1. The number of aliphatic imine (C=N–C) groups is 1. The summed E-state index contributed by atoms with van der Waals surface area (Å²) in [5.74, 6) is 0.365. The molecule has 1 saturated carbocycles. The Balaban J connectivity index is 1.51. The third-order valence-electron chi connectivity index (χ3n) is 5.39. The highest BCUT2D eigenvalue weighted by atomic mass is 32.2. The van der Waals surface area contributed by atoms with E-state index in [1.165, 1.54) is 11.8 Å². The molecule has 1 aliphatic carbocycles. The Morgan fingerprint density at radius 1 is 1.13 bits per heavy atom. The van der Waals surface area contributed by atoms with E-state index in [0.717, 1.165) is 31.4 Å². The third-order valence-corrected chi connectivity index (χ3v) is 6.54. The number of amidine groups is 1. The van der Waals surface area contributed by atoms with Crippen molar-refractivity contribution in [3.05, 3.63) is 54.6 Å². The van der Waals surface area contributed by atoms with E-state index in [9.17, 15) is 9.59 Å². The highest BCUT2D eigenvalue weighted by Crippen LogP contribution is 2.37. The van der Waals surface area contributed by atoms with E-state index in [-0.39, 0.29) is 24.3 Å². The van der Waals surface area contributed by atoms with Crippen LogP contribution in [0, 0.1) is 0 Å². The minimum Gasteiger partial charge on any atom is -0.495 e. The van der Waals surface area contributed by atoms with Gasteiger partial charge in [-0.25, -0.2) is 4.99 Å². The van der Waals surface area contributed by atoms with Crippen molar-refractivity contribution in [1.82, 2.24) is 4.90 Å². The maximum absolute atomic E-state index is 13.2. The lowest BCUT2D eigenvalue weighted by Crippen LogP contribution is -2.40. The first-order valence-corrected chi connectivity index (χ1v) is 11.1. The summed E-state index contributed by atoms with van der Waals surface area (Å²) < 4.78 is 5.29. The highest BCUT2D eigenvalue weighted by Gasteiger charge is 2.43. The summed E-state index contributed by atoms with van der Waals surface area (Å²) in [6.45, 7) is 0. The lowest BCUT2D eigenvalue weighted by atomic mass is 10.2. The molecule has 1 heterocycles. The predicted octanol–water partition coefficient (Wildman–Crippen LogP) is 4.60. The van der Waals surface area contributed by atoms with Gasteiger partial charge in [0.05, 0.1) is 18.5 Å². The van der Waals surface area contributed by atoms with E-state index in [4.69, 9.17) is 9.73 Å². The van der Waals surface area contributed by atoms with Gasteiger partial charge in [-0.2, -0.15) is 0 Å². The topological polar surface area (TPSA) is 71.0 Å². The summed E-state index contributed by atoms with van der Waals surface area (Å²) in [6, 6.07) is 17.1. The first-order chi connectivity index (χ1) is 14.7. The molecule has 1 saturated heterocycles. The molecule has 30 heavy (non-hydrogen) atoms. The molecule has 6 nitrogen and oxygen atoms in total. The average molecular weight is 424 g/mol. The molecule has 2 fully saturated rings. The largest absolute Gasteiger partial charge is 0.495 e. The Morgan fingerprint density at radius 3 is 2.57 bits per heavy atom. The summed E-state index contributed by atoms with van der Waals surface area (Å²) >= 11 is 1.39. The Bertz CT molecular complexity index is 942. The zero-order valence-electron chi connectivity index (χ0n) is 16.9. The van der Waals surface area contributed by atoms with Gasteiger partial charge in [0.25, 0.3) is 0 Å². The maximum Gasteiger partial charge on any atom is 0.242 e. The summed E-state index contributed by atoms with van der Waals surface area (Å²) in [5, 5.41) is 3.10. The van der Waals surface area contributed by atoms with Crippen LogP contribution in [0.4, 0.5) is 11.4 Å². The molecule has 0 radical (unpaired) electrons. The predicted molar refractivity (Wildman–Crippen MR) is 120 cm³/mol. The normalized spacial score (nSPS) is 20.7. The standard InChI is InChI=1S/C23H25N3O3S/c1-29-19-14-8-7-13-18(19)25-21(27)15-20-22(28)26(17-11-5-6-12-17)23(30-20)24-16-9-3-2-4-10-16/h2-4,7-10,13-14,17,20H,5-6,11-12,15H2,1H3,(H,25,27). The Labute approximate surface area is 180 Å². The van der Waals surface area contributed by atoms with Gasteiger partial charge in [0.1, 0.15) is 11.0 Å². The maximum atomic E-state index is 13.2. The van der Waals surface area contributed by atoms with E-state index < -0.39 is 5.25 Å². The second-order valence-electron chi connectivity index (χ2n) is 7.44. The van der Waals surface area contributed by atoms with Crippen LogP contribution in [0.1, 0.15) is 32.1 Å². The molecule has 1 N–H and O–H groups in total. The van der Waals surface area contributed by atoms with Gasteiger partial charge in [-0.1, -0.05) is 54.9 Å². The molecule has 0 bridgehead atoms. The van der Waals surface area contributed by atoms with Crippen molar-refractivity contribution in [3.63, 3.8) is 0 Å². The van der Waals surface area contributed by atoms with Gasteiger partial charge in [0, 0.05) is 12.5 Å². The van der Waals surface area contributed by atoms with Gasteiger partial charge in [-0.3, -0.25) is 14.5 Å². The minimum atomic E-state index is -0.470. The second kappa shape index (κ2) is 9.34. The van der Waals surface area contributed by atoms with Crippen molar-refractivity contribution < 1.29 is 14.3 Å². The fourth-order valence-corrected chi connectivity index (χ4v) is 5.14. The van der Waals surface area contributed by atoms with Crippen LogP contribution >= 0.6 is 11.8 Å². The van der Waals surface area contributed by atoms with Crippen LogP contribution in [-0.2, 0) is 9.59 Å². The summed E-state index contributed by atoms with van der Waals surface area (Å²) in [6.07, 6.45) is 4.31. The molecule has 1 unspecified atom stereocenters. The van der Waals surface area contributed by atoms with Crippen molar-refractivity contribution in [2.45, 2.75) is 43.4 Å². The fraction of sp³-hybridized carbons (Fsp3) is 0.348. The van der Waals surface area contributed by atoms with Crippen LogP contribution < -0.4 is 10.1 Å². The van der Waals surface area contributed by atoms with Crippen molar-refractivity contribution in [1.29, 1.82) is 0 Å². The number of nitrogens with one attached hydrogen (secondary N) is 1. The average Bonchev–Trinajstić information content (AvgIpc) is 3.37. The molecular formula is C23H25N3O3S. The van der Waals surface area contributed by atoms with E-state index in [0.29, 0.717) is 16.6 Å². The smallest absolute Gasteiger partial charge is 0.242 e. The number of ether oxygens (including phenoxy) is 1. The molecular weight excluding hydrogens is 398 g/mol. The molecule has 2 aliphatic rings. The van der Waals surface area contributed by atoms with Crippen LogP contribution in [0.15, 0.2) is 59.6 Å². The van der Waals surface area contributed by atoms with Crippen LogP contribution in [0.25, 0.3) is 0 Å². The lowest BCUT2D eigenvalue weighted by Gasteiger charge is -2.23. The Hall–Kier alpha value is -2.80. The van der Waals surface area contributed by atoms with Gasteiger partial charge in [-0.15, -0.1) is 0 Å². The van der Waals surface area contributed by atoms with Gasteiger partial charge < -0.3 is 10.1 Å². The molecule has 0 aromatic heterocycles. The van der Waals surface area contributed by atoms with Crippen molar-refractivity contribution in [2.75, 3.05) is 12.4 Å². The van der Waals surface area contributed by atoms with Gasteiger partial charge >= 0.3 is 0 Å². The zero-order valence-corrected chi connectivity index (χ0v) is 17.7. The quantitative estimate of drug-likeness (QED) is 0.737. The molecule has 1 aliphatic heterocycles. The summed E-state index contributed by atoms with van der Waals surface area (Å²) in [4.78, 5) is 32.5. The first kappa shape index (κ1) is 20.5. The van der Waals surface area contributed by atoms with Crippen molar-refractivity contribution >= 4 is 40.1 Å². The molecule has 2 aromatic carbocycles. The zero-order chi connectivity index (χ0) is 20.9. The van der Waals surface area contributed by atoms with Crippen LogP contribution in [0.3, 0.4) is 0 Å². The monoisotopic (exact) mass is 423 g/mol. The third kappa shape index (κ3) is 4.51. The van der Waals surface area contributed by atoms with Gasteiger partial charge in [0.2, 0.25) is 11.8 Å². The van der Waals surface area contributed by atoms with E-state index >= 15 is 0 Å². The number of para-hydroxylation sites is 3. The first-order valence-electron chi connectivity index (χ1n) is 10.2. The van der Waals surface area contributed by atoms with Crippen LogP contribution in [0.5, 0.6) is 5.75 Å². The van der Waals surface area contributed by atoms with Gasteiger partial charge in [0.15, 0.2) is 5.17 Å². The number of hydrogen-bond donors (Lipinski definition) is 1. The number of hydrogen-bond acceptors (Lipinski definition) is 5. The van der Waals surface area contributed by atoms with E-state index in [1.54, 1.807) is 19.2 Å². The van der Waals surface area contributed by atoms with Gasteiger partial charge in [-0.05, 0) is 37.1 Å². The number of nitrogens with zero attached hydrogens (tertiary/aromatic N) is 2. The van der Waals surface area contributed by atoms with E-state index in [2.05, 4.69) is 5.32 Å². The molecule has 156 valence electrons. The fourth-order valence-electron chi connectivity index (χ4n) is 3.92. The Morgan fingerprint density at radius 2 is 1.83 bits per heavy atom. The number of carbonyl (C=O) groups is 2. The van der Waals surface area contributed by atoms with E-state index in [1.807, 2.05) is 47.4 Å². The molecule has 0 spiro atoms. The lowest BCUT2D eigenvalue weighted by molar-refractivity contribution is -0.129.